The van der Waals surface area contributed by atoms with E-state index in [9.17, 15) is 5.11 Å². The van der Waals surface area contributed by atoms with Gasteiger partial charge in [0, 0.05) is 36.1 Å². The summed E-state index contributed by atoms with van der Waals surface area (Å²) in [6.07, 6.45) is 6.68. The van der Waals surface area contributed by atoms with Crippen LogP contribution in [-0.2, 0) is 6.42 Å². The largest absolute Gasteiger partial charge is 0.373 e. The average Bonchev–Trinajstić information content (AvgIpc) is 3.48. The van der Waals surface area contributed by atoms with Crippen molar-refractivity contribution in [2.45, 2.75) is 12.6 Å². The van der Waals surface area contributed by atoms with Crippen LogP contribution in [0.3, 0.4) is 0 Å². The number of rotatable bonds is 6. The Morgan fingerprint density at radius 3 is 2.68 bits per heavy atom. The number of anilines is 1. The predicted octanol–water partition coefficient (Wildman–Crippen LogP) is 3.93. The molecule has 9 nitrogen and oxygen atoms in total. The second kappa shape index (κ2) is 8.38. The number of H-pyrrole nitrogens is 2. The van der Waals surface area contributed by atoms with Crippen LogP contribution in [0.25, 0.3) is 44.8 Å². The molecule has 0 saturated carbocycles. The van der Waals surface area contributed by atoms with Gasteiger partial charge in [0.05, 0.1) is 22.8 Å². The Kier molecular flexibility index (Phi) is 4.93. The van der Waals surface area contributed by atoms with E-state index < -0.39 is 6.23 Å². The molecule has 1 atom stereocenters. The van der Waals surface area contributed by atoms with Crippen molar-refractivity contribution in [3.05, 3.63) is 84.9 Å². The van der Waals surface area contributed by atoms with E-state index in [0.29, 0.717) is 23.5 Å². The Bertz CT molecular complexity index is 1560. The van der Waals surface area contributed by atoms with Gasteiger partial charge in [-0.15, -0.1) is 0 Å². The monoisotopic (exact) mass is 448 g/mol. The molecule has 0 fully saturated rings. The number of nitrogens with zero attached hydrogens (tertiary/aromatic N) is 5. The summed E-state index contributed by atoms with van der Waals surface area (Å²) in [5.74, 6) is 0.646. The van der Waals surface area contributed by atoms with Gasteiger partial charge in [-0.1, -0.05) is 30.3 Å². The molecule has 0 amide bonds. The quantitative estimate of drug-likeness (QED) is 0.284. The molecular weight excluding hydrogens is 428 g/mol. The fraction of sp³-hybridized carbons (Fsp3) is 0.0800. The topological polar surface area (TPSA) is 128 Å². The molecular formula is C25H20N8O. The highest BCUT2D eigenvalue weighted by molar-refractivity contribution is 5.93. The molecule has 6 rings (SSSR count). The number of hydrogen-bond donors (Lipinski definition) is 4. The van der Waals surface area contributed by atoms with E-state index in [1.807, 2.05) is 54.6 Å². The molecule has 166 valence electrons. The fourth-order valence-electron chi connectivity index (χ4n) is 3.96. The molecule has 0 radical (unpaired) electrons. The molecule has 0 aliphatic carbocycles. The maximum Gasteiger partial charge on any atom is 0.181 e. The first-order valence-electron chi connectivity index (χ1n) is 10.8. The minimum absolute atomic E-state index is 0.489. The molecule has 9 heteroatoms. The Hall–Kier alpha value is -4.63. The number of aromatic amines is 2. The molecule has 0 aliphatic heterocycles. The summed E-state index contributed by atoms with van der Waals surface area (Å²) < 4.78 is 0. The molecule has 34 heavy (non-hydrogen) atoms. The molecule has 4 N–H and O–H groups in total. The van der Waals surface area contributed by atoms with E-state index in [-0.39, 0.29) is 0 Å². The van der Waals surface area contributed by atoms with Crippen molar-refractivity contribution >= 4 is 27.9 Å². The second-order valence-corrected chi connectivity index (χ2v) is 7.97. The first-order valence-corrected chi connectivity index (χ1v) is 10.8. The van der Waals surface area contributed by atoms with Crippen LogP contribution in [-0.4, -0.2) is 46.5 Å². The molecule has 1 aromatic carbocycles. The summed E-state index contributed by atoms with van der Waals surface area (Å²) in [6.45, 7) is 0. The van der Waals surface area contributed by atoms with Gasteiger partial charge in [-0.05, 0) is 29.8 Å². The number of aliphatic hydroxyl groups is 1. The number of fused-ring (bicyclic) bond motifs is 2. The number of pyridine rings is 3. The SMILES string of the molecule is OC(Cc1ccccc1)Nc1cncc(-c2cnc3n[nH]c(-c4nc5ncccc5[nH]4)c3c2)c1. The lowest BCUT2D eigenvalue weighted by Crippen LogP contribution is -2.21. The van der Waals surface area contributed by atoms with E-state index in [1.165, 1.54) is 0 Å². The maximum absolute atomic E-state index is 10.5. The van der Waals surface area contributed by atoms with Gasteiger partial charge >= 0.3 is 0 Å². The van der Waals surface area contributed by atoms with Crippen molar-refractivity contribution in [1.82, 2.24) is 35.1 Å². The van der Waals surface area contributed by atoms with Gasteiger partial charge in [0.2, 0.25) is 0 Å². The van der Waals surface area contributed by atoms with E-state index in [1.54, 1.807) is 24.8 Å². The lowest BCUT2D eigenvalue weighted by Gasteiger charge is -2.14. The lowest BCUT2D eigenvalue weighted by molar-refractivity contribution is 0.204. The van der Waals surface area contributed by atoms with Gasteiger partial charge in [0.1, 0.15) is 11.9 Å². The zero-order chi connectivity index (χ0) is 22.9. The van der Waals surface area contributed by atoms with Crippen LogP contribution < -0.4 is 5.32 Å². The Balaban J connectivity index is 1.30. The summed E-state index contributed by atoms with van der Waals surface area (Å²) in [5.41, 5.74) is 6.33. The smallest absolute Gasteiger partial charge is 0.181 e. The van der Waals surface area contributed by atoms with Crippen molar-refractivity contribution in [3.8, 4) is 22.6 Å². The van der Waals surface area contributed by atoms with Gasteiger partial charge in [0.15, 0.2) is 17.1 Å². The molecule has 5 aromatic heterocycles. The van der Waals surface area contributed by atoms with Crippen molar-refractivity contribution in [3.63, 3.8) is 0 Å². The van der Waals surface area contributed by atoms with Crippen molar-refractivity contribution in [2.75, 3.05) is 5.32 Å². The number of aromatic nitrogens is 7. The standard InChI is InChI=1S/C25H20N8O/c34-21(9-15-5-2-1-3-6-15)29-18-10-16(12-26-14-18)17-11-19-22(32-33-23(19)28-13-17)25-30-20-7-4-8-27-24(20)31-25/h1-8,10-14,21,29,34H,9H2,(H,27,30,31)(H,28,32,33). The first kappa shape index (κ1) is 20.0. The van der Waals surface area contributed by atoms with Crippen LogP contribution >= 0.6 is 0 Å². The minimum atomic E-state index is -0.734. The van der Waals surface area contributed by atoms with Crippen LogP contribution in [0.5, 0.6) is 0 Å². The lowest BCUT2D eigenvalue weighted by atomic mass is 10.1. The summed E-state index contributed by atoms with van der Waals surface area (Å²) in [7, 11) is 0. The zero-order valence-corrected chi connectivity index (χ0v) is 18.0. The van der Waals surface area contributed by atoms with Crippen LogP contribution in [0.15, 0.2) is 79.4 Å². The normalized spacial score (nSPS) is 12.3. The van der Waals surface area contributed by atoms with E-state index in [0.717, 1.165) is 39.0 Å². The van der Waals surface area contributed by atoms with Gasteiger partial charge < -0.3 is 15.4 Å². The maximum atomic E-state index is 10.5. The highest BCUT2D eigenvalue weighted by atomic mass is 16.3. The van der Waals surface area contributed by atoms with Gasteiger partial charge in [0.25, 0.3) is 0 Å². The number of aliphatic hydroxyl groups excluding tert-OH is 1. The summed E-state index contributed by atoms with van der Waals surface area (Å²) in [6, 6.07) is 17.6. The first-order chi connectivity index (χ1) is 16.7. The molecule has 0 aliphatic rings. The third-order valence-corrected chi connectivity index (χ3v) is 5.58. The summed E-state index contributed by atoms with van der Waals surface area (Å²) in [5, 5.41) is 21.8. The molecule has 0 spiro atoms. The van der Waals surface area contributed by atoms with Crippen molar-refractivity contribution in [1.29, 1.82) is 0 Å². The van der Waals surface area contributed by atoms with Crippen LogP contribution in [0.4, 0.5) is 5.69 Å². The van der Waals surface area contributed by atoms with Gasteiger partial charge in [-0.25, -0.2) is 15.0 Å². The highest BCUT2D eigenvalue weighted by Crippen LogP contribution is 2.29. The van der Waals surface area contributed by atoms with Crippen LogP contribution in [0, 0.1) is 0 Å². The molecule has 0 saturated heterocycles. The van der Waals surface area contributed by atoms with Crippen LogP contribution in [0.2, 0.25) is 0 Å². The number of nitrogens with one attached hydrogen (secondary N) is 3. The number of benzene rings is 1. The molecule has 0 bridgehead atoms. The molecule has 5 heterocycles. The van der Waals surface area contributed by atoms with Crippen molar-refractivity contribution < 1.29 is 5.11 Å². The van der Waals surface area contributed by atoms with Crippen molar-refractivity contribution in [2.24, 2.45) is 0 Å². The molecule has 6 aromatic rings. The Morgan fingerprint density at radius 2 is 1.79 bits per heavy atom. The van der Waals surface area contributed by atoms with E-state index in [4.69, 9.17) is 0 Å². The van der Waals surface area contributed by atoms with Gasteiger partial charge in [-0.3, -0.25) is 10.1 Å². The van der Waals surface area contributed by atoms with E-state index >= 15 is 0 Å². The summed E-state index contributed by atoms with van der Waals surface area (Å²) >= 11 is 0. The summed E-state index contributed by atoms with van der Waals surface area (Å²) in [4.78, 5) is 21.0. The minimum Gasteiger partial charge on any atom is -0.373 e. The van der Waals surface area contributed by atoms with Gasteiger partial charge in [-0.2, -0.15) is 5.10 Å². The fourth-order valence-corrected chi connectivity index (χ4v) is 3.96. The third kappa shape index (κ3) is 3.84. The Morgan fingerprint density at radius 1 is 0.912 bits per heavy atom. The average molecular weight is 448 g/mol. The van der Waals surface area contributed by atoms with E-state index in [2.05, 4.69) is 40.4 Å². The second-order valence-electron chi connectivity index (χ2n) is 7.97. The third-order valence-electron chi connectivity index (χ3n) is 5.58. The molecule has 1 unspecified atom stereocenters. The number of imidazole rings is 1. The predicted molar refractivity (Wildman–Crippen MR) is 130 cm³/mol. The van der Waals surface area contributed by atoms with Crippen LogP contribution in [0.1, 0.15) is 5.56 Å². The highest BCUT2D eigenvalue weighted by Gasteiger charge is 2.15. The Labute approximate surface area is 194 Å². The zero-order valence-electron chi connectivity index (χ0n) is 18.0. The number of hydrogen-bond acceptors (Lipinski definition) is 7.